The summed E-state index contributed by atoms with van der Waals surface area (Å²) in [7, 11) is 0. The fourth-order valence-electron chi connectivity index (χ4n) is 3.73. The van der Waals surface area contributed by atoms with Crippen LogP contribution in [-0.2, 0) is 22.5 Å². The van der Waals surface area contributed by atoms with Gasteiger partial charge < -0.3 is 19.4 Å². The van der Waals surface area contributed by atoms with Crippen molar-refractivity contribution in [1.82, 2.24) is 14.9 Å². The molecule has 7 heteroatoms. The number of amides is 1. The van der Waals surface area contributed by atoms with Crippen molar-refractivity contribution in [2.45, 2.75) is 38.3 Å². The lowest BCUT2D eigenvalue weighted by Gasteiger charge is -2.12. The molecule has 0 radical (unpaired) electrons. The largest absolute Gasteiger partial charge is 0.490 e. The van der Waals surface area contributed by atoms with Crippen LogP contribution >= 0.6 is 11.6 Å². The fourth-order valence-corrected chi connectivity index (χ4v) is 3.92. The van der Waals surface area contributed by atoms with E-state index in [1.165, 1.54) is 0 Å². The lowest BCUT2D eigenvalue weighted by molar-refractivity contribution is -0.130. The minimum absolute atomic E-state index is 0.00542. The molecule has 3 aromatic rings. The van der Waals surface area contributed by atoms with Gasteiger partial charge in [-0.2, -0.15) is 0 Å². The fraction of sp³-hybridized carbons (Fsp3) is 0.391. The van der Waals surface area contributed by atoms with Gasteiger partial charge in [0.25, 0.3) is 0 Å². The molecule has 6 nitrogen and oxygen atoms in total. The molecule has 1 aromatic heterocycles. The highest BCUT2D eigenvalue weighted by Crippen LogP contribution is 2.23. The SMILES string of the molecule is O=C(NCCCc1nc2ccccc2n1CCOc1ccccc1Cl)C1CCCO1. The zero-order valence-electron chi connectivity index (χ0n) is 16.9. The molecule has 1 aliphatic heterocycles. The van der Waals surface area contributed by atoms with Crippen LogP contribution in [0, 0.1) is 0 Å². The predicted molar refractivity (Wildman–Crippen MR) is 117 cm³/mol. The number of nitrogens with zero attached hydrogens (tertiary/aromatic N) is 2. The lowest BCUT2D eigenvalue weighted by atomic mass is 10.2. The van der Waals surface area contributed by atoms with Gasteiger partial charge in [0.15, 0.2) is 0 Å². The third-order valence-electron chi connectivity index (χ3n) is 5.24. The van der Waals surface area contributed by atoms with Crippen LogP contribution in [0.3, 0.4) is 0 Å². The quantitative estimate of drug-likeness (QED) is 0.524. The number of carbonyl (C=O) groups is 1. The number of carbonyl (C=O) groups excluding carboxylic acids is 1. The third kappa shape index (κ3) is 4.94. The van der Waals surface area contributed by atoms with Crippen LogP contribution in [0.15, 0.2) is 48.5 Å². The Bertz CT molecular complexity index is 998. The number of imidazole rings is 1. The number of benzene rings is 2. The van der Waals surface area contributed by atoms with E-state index in [-0.39, 0.29) is 12.0 Å². The van der Waals surface area contributed by atoms with Crippen molar-refractivity contribution in [3.63, 3.8) is 0 Å². The maximum absolute atomic E-state index is 12.1. The Hall–Kier alpha value is -2.57. The number of rotatable bonds is 9. The Labute approximate surface area is 181 Å². The molecule has 1 aliphatic rings. The van der Waals surface area contributed by atoms with E-state index in [2.05, 4.69) is 16.0 Å². The topological polar surface area (TPSA) is 65.4 Å². The van der Waals surface area contributed by atoms with Crippen LogP contribution in [0.4, 0.5) is 0 Å². The van der Waals surface area contributed by atoms with E-state index in [0.717, 1.165) is 42.5 Å². The second-order valence-electron chi connectivity index (χ2n) is 7.34. The van der Waals surface area contributed by atoms with Crippen molar-refractivity contribution in [2.75, 3.05) is 19.8 Å². The number of fused-ring (bicyclic) bond motifs is 1. The molecule has 0 spiro atoms. The normalized spacial score (nSPS) is 16.1. The van der Waals surface area contributed by atoms with Crippen molar-refractivity contribution >= 4 is 28.5 Å². The Morgan fingerprint density at radius 1 is 1.23 bits per heavy atom. The minimum atomic E-state index is -0.281. The van der Waals surface area contributed by atoms with Crippen LogP contribution in [0.5, 0.6) is 5.75 Å². The predicted octanol–water partition coefficient (Wildman–Crippen LogP) is 4.00. The van der Waals surface area contributed by atoms with E-state index in [9.17, 15) is 4.79 Å². The van der Waals surface area contributed by atoms with Crippen molar-refractivity contribution < 1.29 is 14.3 Å². The standard InChI is InChI=1S/C23H26ClN3O3/c24-17-7-1-4-10-20(17)30-16-14-27-19-9-3-2-8-18(19)26-22(27)12-5-13-25-23(28)21-11-6-15-29-21/h1-4,7-10,21H,5-6,11-16H2,(H,25,28). The molecule has 2 aromatic carbocycles. The first-order valence-electron chi connectivity index (χ1n) is 10.4. The average molecular weight is 428 g/mol. The van der Waals surface area contributed by atoms with Gasteiger partial charge in [-0.15, -0.1) is 0 Å². The monoisotopic (exact) mass is 427 g/mol. The summed E-state index contributed by atoms with van der Waals surface area (Å²) in [4.78, 5) is 16.9. The van der Waals surface area contributed by atoms with E-state index in [1.807, 2.05) is 42.5 Å². The van der Waals surface area contributed by atoms with Gasteiger partial charge in [0.2, 0.25) is 5.91 Å². The molecule has 1 amide bonds. The summed E-state index contributed by atoms with van der Waals surface area (Å²) in [5, 5.41) is 3.59. The molecule has 158 valence electrons. The molecule has 1 fully saturated rings. The number of aryl methyl sites for hydroxylation is 1. The highest BCUT2D eigenvalue weighted by Gasteiger charge is 2.22. The van der Waals surface area contributed by atoms with Crippen molar-refractivity contribution in [3.8, 4) is 5.75 Å². The molecule has 1 atom stereocenters. The Morgan fingerprint density at radius 2 is 2.07 bits per heavy atom. The number of hydrogen-bond acceptors (Lipinski definition) is 4. The maximum Gasteiger partial charge on any atom is 0.249 e. The number of ether oxygens (including phenoxy) is 2. The number of hydrogen-bond donors (Lipinski definition) is 1. The minimum Gasteiger partial charge on any atom is -0.490 e. The Kier molecular flexibility index (Phi) is 6.87. The molecule has 30 heavy (non-hydrogen) atoms. The second kappa shape index (κ2) is 9.96. The van der Waals surface area contributed by atoms with Gasteiger partial charge in [0, 0.05) is 19.6 Å². The first-order chi connectivity index (χ1) is 14.7. The van der Waals surface area contributed by atoms with Gasteiger partial charge in [0.1, 0.15) is 24.3 Å². The summed E-state index contributed by atoms with van der Waals surface area (Å²) >= 11 is 6.18. The highest BCUT2D eigenvalue weighted by molar-refractivity contribution is 6.32. The summed E-state index contributed by atoms with van der Waals surface area (Å²) in [5.74, 6) is 1.67. The van der Waals surface area contributed by atoms with E-state index in [1.54, 1.807) is 0 Å². The zero-order valence-corrected chi connectivity index (χ0v) is 17.6. The maximum atomic E-state index is 12.1. The van der Waals surface area contributed by atoms with Crippen LogP contribution in [0.2, 0.25) is 5.02 Å². The average Bonchev–Trinajstić information content (AvgIpc) is 3.41. The molecule has 4 rings (SSSR count). The van der Waals surface area contributed by atoms with Crippen molar-refractivity contribution in [3.05, 3.63) is 59.4 Å². The summed E-state index contributed by atoms with van der Waals surface area (Å²) in [6.45, 7) is 2.45. The first kappa shape index (κ1) is 20.7. The number of para-hydroxylation sites is 3. The van der Waals surface area contributed by atoms with Gasteiger partial charge in [0.05, 0.1) is 22.6 Å². The van der Waals surface area contributed by atoms with Gasteiger partial charge in [-0.25, -0.2) is 4.98 Å². The molecule has 1 saturated heterocycles. The van der Waals surface area contributed by atoms with Gasteiger partial charge in [-0.05, 0) is 43.5 Å². The Morgan fingerprint density at radius 3 is 2.90 bits per heavy atom. The van der Waals surface area contributed by atoms with E-state index < -0.39 is 0 Å². The lowest BCUT2D eigenvalue weighted by Crippen LogP contribution is -2.34. The third-order valence-corrected chi connectivity index (χ3v) is 5.55. The molecule has 2 heterocycles. The van der Waals surface area contributed by atoms with Crippen molar-refractivity contribution in [1.29, 1.82) is 0 Å². The molecular weight excluding hydrogens is 402 g/mol. The van der Waals surface area contributed by atoms with Gasteiger partial charge in [-0.1, -0.05) is 35.9 Å². The molecule has 0 bridgehead atoms. The van der Waals surface area contributed by atoms with Crippen LogP contribution < -0.4 is 10.1 Å². The smallest absolute Gasteiger partial charge is 0.249 e. The van der Waals surface area contributed by atoms with Crippen molar-refractivity contribution in [2.24, 2.45) is 0 Å². The molecule has 1 unspecified atom stereocenters. The van der Waals surface area contributed by atoms with Crippen LogP contribution in [0.1, 0.15) is 25.1 Å². The molecule has 0 saturated carbocycles. The van der Waals surface area contributed by atoms with Crippen LogP contribution in [-0.4, -0.2) is 41.3 Å². The number of nitrogens with one attached hydrogen (secondary N) is 1. The van der Waals surface area contributed by atoms with Gasteiger partial charge >= 0.3 is 0 Å². The Balaban J connectivity index is 1.36. The van der Waals surface area contributed by atoms with Gasteiger partial charge in [-0.3, -0.25) is 4.79 Å². The summed E-state index contributed by atoms with van der Waals surface area (Å²) in [6.07, 6.45) is 3.07. The number of aromatic nitrogens is 2. The molecule has 0 aliphatic carbocycles. The number of halogens is 1. The molecule has 1 N–H and O–H groups in total. The summed E-state index contributed by atoms with van der Waals surface area (Å²) in [5.41, 5.74) is 2.05. The first-order valence-corrected chi connectivity index (χ1v) is 10.8. The summed E-state index contributed by atoms with van der Waals surface area (Å²) in [6, 6.07) is 15.6. The highest BCUT2D eigenvalue weighted by atomic mass is 35.5. The van der Waals surface area contributed by atoms with Crippen LogP contribution in [0.25, 0.3) is 11.0 Å². The second-order valence-corrected chi connectivity index (χ2v) is 7.75. The molecular formula is C23H26ClN3O3. The summed E-state index contributed by atoms with van der Waals surface area (Å²) < 4.78 is 13.5. The van der Waals surface area contributed by atoms with E-state index in [0.29, 0.717) is 37.1 Å². The zero-order chi connectivity index (χ0) is 20.8. The van der Waals surface area contributed by atoms with E-state index >= 15 is 0 Å². The van der Waals surface area contributed by atoms with E-state index in [4.69, 9.17) is 26.1 Å².